The quantitative estimate of drug-likeness (QED) is 0.805. The number of nitrogens with zero attached hydrogens (tertiary/aromatic N) is 2. The highest BCUT2D eigenvalue weighted by atomic mass is 32.2. The fourth-order valence-corrected chi connectivity index (χ4v) is 3.27. The van der Waals surface area contributed by atoms with Gasteiger partial charge in [-0.1, -0.05) is 37.7 Å². The van der Waals surface area contributed by atoms with Crippen molar-refractivity contribution in [2.24, 2.45) is 5.92 Å². The van der Waals surface area contributed by atoms with Gasteiger partial charge in [0.2, 0.25) is 0 Å². The van der Waals surface area contributed by atoms with E-state index in [1.807, 2.05) is 0 Å². The van der Waals surface area contributed by atoms with E-state index in [-0.39, 0.29) is 0 Å². The summed E-state index contributed by atoms with van der Waals surface area (Å²) in [4.78, 5) is 5.74. The van der Waals surface area contributed by atoms with Crippen molar-refractivity contribution in [2.75, 3.05) is 7.11 Å². The maximum Gasteiger partial charge on any atom is 0.174 e. The Hall–Kier alpha value is -0.910. The van der Waals surface area contributed by atoms with E-state index in [0.29, 0.717) is 12.5 Å². The van der Waals surface area contributed by atoms with Crippen LogP contribution < -0.4 is 0 Å². The zero-order valence-corrected chi connectivity index (χ0v) is 13.1. The smallest absolute Gasteiger partial charge is 0.174 e. The van der Waals surface area contributed by atoms with Crippen molar-refractivity contribution < 1.29 is 4.74 Å². The molecule has 1 aromatic heterocycles. The van der Waals surface area contributed by atoms with Gasteiger partial charge in [-0.15, -0.1) is 0 Å². The van der Waals surface area contributed by atoms with Gasteiger partial charge in [0.05, 0.1) is 6.61 Å². The molecule has 0 N–H and O–H groups in total. The summed E-state index contributed by atoms with van der Waals surface area (Å²) in [6.07, 6.45) is 0.948. The van der Waals surface area contributed by atoms with Gasteiger partial charge >= 0.3 is 0 Å². The molecule has 2 aromatic rings. The van der Waals surface area contributed by atoms with Gasteiger partial charge in [-0.2, -0.15) is 4.37 Å². The van der Waals surface area contributed by atoms with Crippen molar-refractivity contribution in [3.05, 3.63) is 35.7 Å². The zero-order valence-electron chi connectivity index (χ0n) is 11.4. The highest BCUT2D eigenvalue weighted by Crippen LogP contribution is 2.29. The van der Waals surface area contributed by atoms with Crippen molar-refractivity contribution >= 4 is 23.3 Å². The molecular formula is C14H18N2OS2. The highest BCUT2D eigenvalue weighted by molar-refractivity contribution is 8.01. The molecule has 3 nitrogen and oxygen atoms in total. The molecule has 19 heavy (non-hydrogen) atoms. The van der Waals surface area contributed by atoms with Crippen molar-refractivity contribution in [3.8, 4) is 0 Å². The lowest BCUT2D eigenvalue weighted by Crippen LogP contribution is -1.95. The van der Waals surface area contributed by atoms with Crippen LogP contribution in [0.15, 0.2) is 33.5 Å². The van der Waals surface area contributed by atoms with Crippen LogP contribution in [0.4, 0.5) is 0 Å². The second kappa shape index (κ2) is 7.03. The minimum absolute atomic E-state index is 0.598. The number of aromatic nitrogens is 2. The molecule has 0 aliphatic carbocycles. The average molecular weight is 294 g/mol. The fourth-order valence-electron chi connectivity index (χ4n) is 1.65. The lowest BCUT2D eigenvalue weighted by Gasteiger charge is -2.01. The van der Waals surface area contributed by atoms with Gasteiger partial charge in [-0.25, -0.2) is 4.98 Å². The Balaban J connectivity index is 1.98. The second-order valence-electron chi connectivity index (χ2n) is 4.75. The predicted molar refractivity (Wildman–Crippen MR) is 79.7 cm³/mol. The minimum Gasteiger partial charge on any atom is -0.380 e. The summed E-state index contributed by atoms with van der Waals surface area (Å²) in [5, 5.41) is 0. The summed E-state index contributed by atoms with van der Waals surface area (Å²) in [6, 6.07) is 8.37. The Labute approximate surface area is 122 Å². The van der Waals surface area contributed by atoms with Crippen LogP contribution in [0.3, 0.4) is 0 Å². The molecule has 0 bridgehead atoms. The topological polar surface area (TPSA) is 35.0 Å². The van der Waals surface area contributed by atoms with Gasteiger partial charge in [-0.05, 0) is 35.1 Å². The first-order valence-corrected chi connectivity index (χ1v) is 7.84. The molecule has 5 heteroatoms. The fraction of sp³-hybridized carbons (Fsp3) is 0.429. The van der Waals surface area contributed by atoms with Crippen molar-refractivity contribution in [1.29, 1.82) is 0 Å². The van der Waals surface area contributed by atoms with Crippen LogP contribution >= 0.6 is 23.3 Å². The molecular weight excluding hydrogens is 276 g/mol. The Morgan fingerprint density at radius 3 is 2.63 bits per heavy atom. The van der Waals surface area contributed by atoms with Crippen LogP contribution in [0.1, 0.15) is 25.2 Å². The first kappa shape index (κ1) is 14.5. The van der Waals surface area contributed by atoms with E-state index in [1.54, 1.807) is 18.9 Å². The normalized spacial score (nSPS) is 11.2. The van der Waals surface area contributed by atoms with Crippen LogP contribution in [0.2, 0.25) is 0 Å². The lowest BCUT2D eigenvalue weighted by atomic mass is 10.1. The molecule has 0 saturated carbocycles. The molecule has 0 saturated heterocycles. The summed E-state index contributed by atoms with van der Waals surface area (Å²) in [7, 11) is 1.71. The Kier molecular flexibility index (Phi) is 5.36. The molecule has 1 heterocycles. The Bertz CT molecular complexity index is 508. The van der Waals surface area contributed by atoms with Crippen LogP contribution in [0.25, 0.3) is 0 Å². The molecule has 2 rings (SSSR count). The van der Waals surface area contributed by atoms with Crippen molar-refractivity contribution in [2.45, 2.75) is 36.1 Å². The van der Waals surface area contributed by atoms with Crippen LogP contribution in [-0.4, -0.2) is 16.5 Å². The summed E-state index contributed by atoms with van der Waals surface area (Å²) in [6.45, 7) is 5.02. The third-order valence-corrected chi connectivity index (χ3v) is 4.28. The molecule has 0 aliphatic rings. The van der Waals surface area contributed by atoms with E-state index in [1.165, 1.54) is 22.0 Å². The van der Waals surface area contributed by atoms with Gasteiger partial charge in [0, 0.05) is 18.4 Å². The second-order valence-corrected chi connectivity index (χ2v) is 6.83. The Morgan fingerprint density at radius 1 is 1.26 bits per heavy atom. The predicted octanol–water partition coefficient (Wildman–Crippen LogP) is 4.03. The molecule has 0 atom stereocenters. The third-order valence-electron chi connectivity index (χ3n) is 2.48. The number of benzene rings is 1. The molecule has 0 spiro atoms. The van der Waals surface area contributed by atoms with E-state index in [2.05, 4.69) is 47.5 Å². The summed E-state index contributed by atoms with van der Waals surface area (Å²) in [5.41, 5.74) is 1.18. The molecule has 102 valence electrons. The van der Waals surface area contributed by atoms with Gasteiger partial charge < -0.3 is 4.74 Å². The van der Waals surface area contributed by atoms with Gasteiger partial charge in [0.15, 0.2) is 4.34 Å². The summed E-state index contributed by atoms with van der Waals surface area (Å²) >= 11 is 3.14. The summed E-state index contributed by atoms with van der Waals surface area (Å²) in [5.74, 6) is 1.55. The lowest BCUT2D eigenvalue weighted by molar-refractivity contribution is 0.185. The van der Waals surface area contributed by atoms with E-state index in [0.717, 1.165) is 16.6 Å². The monoisotopic (exact) mass is 294 g/mol. The van der Waals surface area contributed by atoms with Gasteiger partial charge in [0.25, 0.3) is 0 Å². The standard InChI is InChI=1S/C14H18N2OS2/c1-10(2)8-13-15-14(19-16-13)18-12-6-4-11(5-7-12)9-17-3/h4-7,10H,8-9H2,1-3H3. The summed E-state index contributed by atoms with van der Waals surface area (Å²) < 4.78 is 10.5. The first-order chi connectivity index (χ1) is 9.17. The highest BCUT2D eigenvalue weighted by Gasteiger charge is 2.07. The number of rotatable bonds is 6. The SMILES string of the molecule is COCc1ccc(Sc2nc(CC(C)C)ns2)cc1. The number of methoxy groups -OCH3 is 1. The molecule has 0 fully saturated rings. The molecule has 1 aromatic carbocycles. The van der Waals surface area contributed by atoms with E-state index < -0.39 is 0 Å². The van der Waals surface area contributed by atoms with E-state index >= 15 is 0 Å². The van der Waals surface area contributed by atoms with Crippen LogP contribution in [0.5, 0.6) is 0 Å². The van der Waals surface area contributed by atoms with Crippen molar-refractivity contribution in [1.82, 2.24) is 9.36 Å². The maximum absolute atomic E-state index is 5.10. The maximum atomic E-state index is 5.10. The molecule has 0 amide bonds. The number of hydrogen-bond acceptors (Lipinski definition) is 5. The molecule has 0 aliphatic heterocycles. The molecule has 0 unspecified atom stereocenters. The average Bonchev–Trinajstić information content (AvgIpc) is 2.78. The Morgan fingerprint density at radius 2 is 2.00 bits per heavy atom. The van der Waals surface area contributed by atoms with Crippen molar-refractivity contribution in [3.63, 3.8) is 0 Å². The van der Waals surface area contributed by atoms with Crippen LogP contribution in [0, 0.1) is 5.92 Å². The van der Waals surface area contributed by atoms with Gasteiger partial charge in [0.1, 0.15) is 5.82 Å². The molecule has 0 radical (unpaired) electrons. The van der Waals surface area contributed by atoms with Crippen LogP contribution in [-0.2, 0) is 17.8 Å². The third kappa shape index (κ3) is 4.60. The zero-order chi connectivity index (χ0) is 13.7. The number of hydrogen-bond donors (Lipinski definition) is 0. The first-order valence-electron chi connectivity index (χ1n) is 6.25. The largest absolute Gasteiger partial charge is 0.380 e. The minimum atomic E-state index is 0.598. The van der Waals surface area contributed by atoms with Gasteiger partial charge in [-0.3, -0.25) is 0 Å². The van der Waals surface area contributed by atoms with E-state index in [9.17, 15) is 0 Å². The van der Waals surface area contributed by atoms with E-state index in [4.69, 9.17) is 4.74 Å². The number of ether oxygens (including phenoxy) is 1.